The Balaban J connectivity index is 1.82. The van der Waals surface area contributed by atoms with Gasteiger partial charge in [0.15, 0.2) is 0 Å². The summed E-state index contributed by atoms with van der Waals surface area (Å²) in [4.78, 5) is 11.9. The summed E-state index contributed by atoms with van der Waals surface area (Å²) in [5.41, 5.74) is 0.606. The Hall–Kier alpha value is -0.601. The number of Topliss-reactive ketones (excluding diaryl/α,β-unsaturated/α-hetero) is 1. The first-order valence-corrected chi connectivity index (χ1v) is 7.71. The van der Waals surface area contributed by atoms with E-state index in [0.717, 1.165) is 0 Å². The van der Waals surface area contributed by atoms with Gasteiger partial charge in [-0.05, 0) is 0 Å². The van der Waals surface area contributed by atoms with Crippen LogP contribution in [-0.2, 0) is 9.53 Å². The predicted octanol–water partition coefficient (Wildman–Crippen LogP) is 1.32. The molecule has 0 saturated carbocycles. The summed E-state index contributed by atoms with van der Waals surface area (Å²) in [7, 11) is 0. The third kappa shape index (κ3) is 1.78. The van der Waals surface area contributed by atoms with Gasteiger partial charge in [0.2, 0.25) is 0 Å². The molecule has 0 N–H and O–H groups in total. The Bertz CT molecular complexity index is 474. The molecule has 2 fully saturated rings. The van der Waals surface area contributed by atoms with Gasteiger partial charge in [0.1, 0.15) is 0 Å². The fraction of sp³-hybridized carbons (Fsp3) is 0.308. The molecule has 2 saturated heterocycles. The Morgan fingerprint density at radius 3 is 2.59 bits per heavy atom. The summed E-state index contributed by atoms with van der Waals surface area (Å²) in [5.74, 6) is -0.00453. The maximum absolute atomic E-state index is 11.7. The van der Waals surface area contributed by atoms with E-state index in [1.807, 2.05) is 18.2 Å². The molecule has 0 spiro atoms. The van der Waals surface area contributed by atoms with Crippen molar-refractivity contribution in [1.82, 2.24) is 0 Å². The zero-order chi connectivity index (χ0) is 12.0. The topological polar surface area (TPSA) is 26.3 Å². The molecule has 4 heteroatoms. The van der Waals surface area contributed by atoms with Crippen LogP contribution in [-0.4, -0.2) is 38.3 Å². The standard InChI is InChI=1S/C13H11ClO2Se/c1-7-10(15)12-9(14)13(11(7)16-12)17-8-5-3-2-4-6-8/h2-6,9,11-13H,1H2/t9-,11-,12-,13+/m0/s1. The second-order valence-electron chi connectivity index (χ2n) is 4.21. The van der Waals surface area contributed by atoms with Gasteiger partial charge < -0.3 is 0 Å². The number of rotatable bonds is 2. The van der Waals surface area contributed by atoms with Gasteiger partial charge in [0.05, 0.1) is 0 Å². The van der Waals surface area contributed by atoms with Crippen molar-refractivity contribution >= 4 is 36.8 Å². The molecule has 2 aliphatic heterocycles. The second-order valence-corrected chi connectivity index (χ2v) is 7.34. The average molecular weight is 314 g/mol. The third-order valence-corrected chi connectivity index (χ3v) is 6.81. The molecule has 0 aromatic heterocycles. The molecule has 2 nitrogen and oxygen atoms in total. The monoisotopic (exact) mass is 314 g/mol. The number of alkyl halides is 1. The van der Waals surface area contributed by atoms with E-state index in [2.05, 4.69) is 18.7 Å². The van der Waals surface area contributed by atoms with Crippen molar-refractivity contribution in [2.45, 2.75) is 22.4 Å². The van der Waals surface area contributed by atoms with Crippen molar-refractivity contribution < 1.29 is 9.53 Å². The fourth-order valence-corrected chi connectivity index (χ4v) is 5.45. The van der Waals surface area contributed by atoms with Crippen molar-refractivity contribution in [2.75, 3.05) is 0 Å². The zero-order valence-electron chi connectivity index (χ0n) is 9.01. The summed E-state index contributed by atoms with van der Waals surface area (Å²) in [6.45, 7) is 3.82. The van der Waals surface area contributed by atoms with E-state index in [1.54, 1.807) is 0 Å². The maximum atomic E-state index is 11.7. The molecular weight excluding hydrogens is 303 g/mol. The van der Waals surface area contributed by atoms with Crippen LogP contribution in [0.4, 0.5) is 0 Å². The molecule has 17 heavy (non-hydrogen) atoms. The first-order valence-electron chi connectivity index (χ1n) is 5.43. The van der Waals surface area contributed by atoms with Crippen LogP contribution in [0.5, 0.6) is 0 Å². The van der Waals surface area contributed by atoms with Crippen LogP contribution in [0.2, 0.25) is 4.82 Å². The molecule has 4 atom stereocenters. The molecule has 0 unspecified atom stereocenters. The van der Waals surface area contributed by atoms with E-state index in [4.69, 9.17) is 16.3 Å². The number of carbonyl (C=O) groups is 1. The van der Waals surface area contributed by atoms with E-state index in [1.165, 1.54) is 4.46 Å². The molecule has 1 aromatic rings. The van der Waals surface area contributed by atoms with Gasteiger partial charge in [-0.2, -0.15) is 0 Å². The summed E-state index contributed by atoms with van der Waals surface area (Å²) in [6, 6.07) is 10.2. The first-order chi connectivity index (χ1) is 8.18. The quantitative estimate of drug-likeness (QED) is 0.468. The Labute approximate surface area is 111 Å². The SMILES string of the molecule is C=C1C(=O)[C@H]2O[C@@H]1[C@H]([Se]c1ccccc1)[C@H]2Cl. The second kappa shape index (κ2) is 4.25. The minimum atomic E-state index is -0.454. The van der Waals surface area contributed by atoms with Crippen LogP contribution in [0.3, 0.4) is 0 Å². The molecule has 0 aliphatic carbocycles. The third-order valence-electron chi connectivity index (χ3n) is 3.13. The molecule has 2 aliphatic rings. The van der Waals surface area contributed by atoms with Crippen LogP contribution in [0.25, 0.3) is 0 Å². The predicted molar refractivity (Wildman–Crippen MR) is 68.0 cm³/mol. The van der Waals surface area contributed by atoms with Crippen LogP contribution in [0.15, 0.2) is 42.5 Å². The summed E-state index contributed by atoms with van der Waals surface area (Å²) in [6.07, 6.45) is -0.611. The summed E-state index contributed by atoms with van der Waals surface area (Å²) in [5, 5.41) is -0.196. The van der Waals surface area contributed by atoms with E-state index < -0.39 is 6.10 Å². The fourth-order valence-electron chi connectivity index (χ4n) is 2.24. The van der Waals surface area contributed by atoms with Crippen LogP contribution in [0, 0.1) is 0 Å². The number of hydrogen-bond acceptors (Lipinski definition) is 2. The van der Waals surface area contributed by atoms with Crippen molar-refractivity contribution in [1.29, 1.82) is 0 Å². The molecule has 2 heterocycles. The number of carbonyl (C=O) groups excluding carboxylic acids is 1. The van der Waals surface area contributed by atoms with Gasteiger partial charge in [-0.15, -0.1) is 0 Å². The van der Waals surface area contributed by atoms with Gasteiger partial charge in [0.25, 0.3) is 0 Å². The number of fused-ring (bicyclic) bond motifs is 2. The summed E-state index contributed by atoms with van der Waals surface area (Å²) >= 11 is 6.53. The van der Waals surface area contributed by atoms with Crippen molar-refractivity contribution in [3.05, 3.63) is 42.5 Å². The van der Waals surface area contributed by atoms with E-state index in [-0.39, 0.29) is 37.0 Å². The van der Waals surface area contributed by atoms with Gasteiger partial charge in [-0.25, -0.2) is 0 Å². The zero-order valence-corrected chi connectivity index (χ0v) is 11.5. The molecule has 1 aromatic carbocycles. The molecule has 0 radical (unpaired) electrons. The Morgan fingerprint density at radius 2 is 1.94 bits per heavy atom. The molecule has 3 rings (SSSR count). The van der Waals surface area contributed by atoms with Crippen LogP contribution >= 0.6 is 11.6 Å². The number of benzene rings is 1. The average Bonchev–Trinajstić information content (AvgIpc) is 2.80. The number of ether oxygens (including phenoxy) is 1. The van der Waals surface area contributed by atoms with E-state index >= 15 is 0 Å². The van der Waals surface area contributed by atoms with E-state index in [9.17, 15) is 4.79 Å². The van der Waals surface area contributed by atoms with Gasteiger partial charge in [-0.1, -0.05) is 0 Å². The Morgan fingerprint density at radius 1 is 1.24 bits per heavy atom. The molecule has 2 bridgehead atoms. The Kier molecular flexibility index (Phi) is 2.87. The molecular formula is C13H11ClO2Se. The number of halogens is 1. The number of hydrogen-bond donors (Lipinski definition) is 0. The van der Waals surface area contributed by atoms with Gasteiger partial charge in [-0.3, -0.25) is 0 Å². The van der Waals surface area contributed by atoms with Crippen LogP contribution in [0.1, 0.15) is 0 Å². The first kappa shape index (κ1) is 11.5. The molecule has 0 amide bonds. The van der Waals surface area contributed by atoms with Crippen molar-refractivity contribution in [3.8, 4) is 0 Å². The van der Waals surface area contributed by atoms with Crippen molar-refractivity contribution in [3.63, 3.8) is 0 Å². The minimum absolute atomic E-state index is 0.00453. The van der Waals surface area contributed by atoms with Crippen molar-refractivity contribution in [2.24, 2.45) is 0 Å². The van der Waals surface area contributed by atoms with Gasteiger partial charge >= 0.3 is 111 Å². The molecule has 88 valence electrons. The van der Waals surface area contributed by atoms with Gasteiger partial charge in [0, 0.05) is 0 Å². The normalized spacial score (nSPS) is 35.6. The number of ketones is 1. The van der Waals surface area contributed by atoms with E-state index in [0.29, 0.717) is 5.57 Å². The summed E-state index contributed by atoms with van der Waals surface area (Å²) < 4.78 is 6.91. The van der Waals surface area contributed by atoms with Crippen LogP contribution < -0.4 is 4.46 Å².